The summed E-state index contributed by atoms with van der Waals surface area (Å²) >= 11 is 0. The van der Waals surface area contributed by atoms with Gasteiger partial charge in [-0.1, -0.05) is 11.8 Å². The number of aliphatic hydroxyl groups is 1. The van der Waals surface area contributed by atoms with Crippen LogP contribution in [-0.2, 0) is 0 Å². The van der Waals surface area contributed by atoms with Crippen LogP contribution in [0.25, 0.3) is 0 Å². The number of halogens is 1. The molecule has 0 aromatic heterocycles. The zero-order valence-corrected chi connectivity index (χ0v) is 11.9. The van der Waals surface area contributed by atoms with Crippen LogP contribution in [-0.4, -0.2) is 23.3 Å². The van der Waals surface area contributed by atoms with Crippen molar-refractivity contribution in [1.29, 1.82) is 0 Å². The first-order valence-corrected chi connectivity index (χ1v) is 6.30. The van der Waals surface area contributed by atoms with Crippen molar-refractivity contribution in [3.05, 3.63) is 29.6 Å². The number of anilines is 1. The number of hydrogen-bond donors (Lipinski definition) is 3. The molecule has 0 aliphatic heterocycles. The predicted octanol–water partition coefficient (Wildman–Crippen LogP) is 2.48. The van der Waals surface area contributed by atoms with Gasteiger partial charge in [0.05, 0.1) is 12.2 Å². The molecule has 0 saturated heterocycles. The summed E-state index contributed by atoms with van der Waals surface area (Å²) in [6.07, 6.45) is 0.279. The van der Waals surface area contributed by atoms with E-state index in [9.17, 15) is 9.18 Å². The molecule has 108 valence electrons. The van der Waals surface area contributed by atoms with Gasteiger partial charge in [0.15, 0.2) is 0 Å². The van der Waals surface area contributed by atoms with Gasteiger partial charge in [-0.3, -0.25) is 0 Å². The number of benzene rings is 1. The third kappa shape index (κ3) is 5.72. The molecule has 1 aromatic carbocycles. The van der Waals surface area contributed by atoms with E-state index >= 15 is 0 Å². The molecule has 0 fully saturated rings. The number of rotatable bonds is 2. The van der Waals surface area contributed by atoms with Crippen molar-refractivity contribution in [3.8, 4) is 11.8 Å². The Hall–Kier alpha value is -2.06. The Morgan fingerprint density at radius 2 is 2.10 bits per heavy atom. The van der Waals surface area contributed by atoms with E-state index in [1.807, 2.05) is 20.8 Å². The standard InChI is InChI=1S/C15H19FN2O2/c1-15(2,3)18-14(20)17-12-7-8-13(16)11(10-12)6-4-5-9-19/h7-8,10,19H,5,9H2,1-3H3,(H2,17,18,20). The number of aliphatic hydroxyl groups excluding tert-OH is 1. The number of carbonyl (C=O) groups is 1. The highest BCUT2D eigenvalue weighted by Crippen LogP contribution is 2.14. The summed E-state index contributed by atoms with van der Waals surface area (Å²) in [6, 6.07) is 3.81. The van der Waals surface area contributed by atoms with Crippen LogP contribution in [0, 0.1) is 17.7 Å². The van der Waals surface area contributed by atoms with E-state index < -0.39 is 5.82 Å². The van der Waals surface area contributed by atoms with Gasteiger partial charge in [0.25, 0.3) is 0 Å². The van der Waals surface area contributed by atoms with Crippen molar-refractivity contribution in [2.45, 2.75) is 32.7 Å². The summed E-state index contributed by atoms with van der Waals surface area (Å²) in [5.74, 6) is 4.80. The van der Waals surface area contributed by atoms with Crippen LogP contribution < -0.4 is 10.6 Å². The Labute approximate surface area is 118 Å². The second-order valence-corrected chi connectivity index (χ2v) is 5.30. The Kier molecular flexibility index (Phi) is 5.53. The molecule has 0 aliphatic carbocycles. The van der Waals surface area contributed by atoms with E-state index in [2.05, 4.69) is 22.5 Å². The largest absolute Gasteiger partial charge is 0.395 e. The molecule has 0 heterocycles. The van der Waals surface area contributed by atoms with Gasteiger partial charge in [-0.15, -0.1) is 0 Å². The Morgan fingerprint density at radius 1 is 1.40 bits per heavy atom. The predicted molar refractivity (Wildman–Crippen MR) is 76.9 cm³/mol. The number of nitrogens with one attached hydrogen (secondary N) is 2. The van der Waals surface area contributed by atoms with Crippen LogP contribution in [0.5, 0.6) is 0 Å². The summed E-state index contributed by atoms with van der Waals surface area (Å²) in [5, 5.41) is 14.0. The zero-order valence-electron chi connectivity index (χ0n) is 11.9. The molecule has 0 spiro atoms. The minimum atomic E-state index is -0.461. The second-order valence-electron chi connectivity index (χ2n) is 5.30. The van der Waals surface area contributed by atoms with Gasteiger partial charge in [0.1, 0.15) is 5.82 Å². The van der Waals surface area contributed by atoms with E-state index in [1.165, 1.54) is 18.2 Å². The molecule has 5 heteroatoms. The van der Waals surface area contributed by atoms with Crippen LogP contribution in [0.3, 0.4) is 0 Å². The molecule has 20 heavy (non-hydrogen) atoms. The third-order valence-corrected chi connectivity index (χ3v) is 2.17. The van der Waals surface area contributed by atoms with Gasteiger partial charge in [0.2, 0.25) is 0 Å². The van der Waals surface area contributed by atoms with E-state index in [0.717, 1.165) is 0 Å². The number of amides is 2. The zero-order chi connectivity index (χ0) is 15.2. The highest BCUT2D eigenvalue weighted by atomic mass is 19.1. The maximum Gasteiger partial charge on any atom is 0.319 e. The molecule has 0 unspecified atom stereocenters. The molecule has 0 aliphatic rings. The molecule has 4 nitrogen and oxygen atoms in total. The van der Waals surface area contributed by atoms with E-state index in [-0.39, 0.29) is 30.2 Å². The van der Waals surface area contributed by atoms with Crippen molar-refractivity contribution >= 4 is 11.7 Å². The Bertz CT molecular complexity index is 539. The maximum absolute atomic E-state index is 13.5. The number of carbonyl (C=O) groups excluding carboxylic acids is 1. The van der Waals surface area contributed by atoms with Crippen LogP contribution in [0.1, 0.15) is 32.8 Å². The SMILES string of the molecule is CC(C)(C)NC(=O)Nc1ccc(F)c(C#CCCO)c1. The van der Waals surface area contributed by atoms with Crippen molar-refractivity contribution in [1.82, 2.24) is 5.32 Å². The van der Waals surface area contributed by atoms with Crippen LogP contribution in [0.4, 0.5) is 14.9 Å². The van der Waals surface area contributed by atoms with Crippen molar-refractivity contribution < 1.29 is 14.3 Å². The molecule has 0 radical (unpaired) electrons. The summed E-state index contributed by atoms with van der Waals surface area (Å²) in [6.45, 7) is 5.52. The Balaban J connectivity index is 2.80. The maximum atomic E-state index is 13.5. The highest BCUT2D eigenvalue weighted by molar-refractivity contribution is 5.89. The van der Waals surface area contributed by atoms with Crippen molar-refractivity contribution in [3.63, 3.8) is 0 Å². The van der Waals surface area contributed by atoms with Crippen LogP contribution in [0.15, 0.2) is 18.2 Å². The van der Waals surface area contributed by atoms with Crippen molar-refractivity contribution in [2.75, 3.05) is 11.9 Å². The van der Waals surface area contributed by atoms with Gasteiger partial charge >= 0.3 is 6.03 Å². The fourth-order valence-corrected chi connectivity index (χ4v) is 1.42. The van der Waals surface area contributed by atoms with Gasteiger partial charge in [-0.05, 0) is 39.0 Å². The summed E-state index contributed by atoms with van der Waals surface area (Å²) in [7, 11) is 0. The average molecular weight is 278 g/mol. The summed E-state index contributed by atoms with van der Waals surface area (Å²) < 4.78 is 13.5. The monoisotopic (exact) mass is 278 g/mol. The topological polar surface area (TPSA) is 61.4 Å². The second kappa shape index (κ2) is 6.92. The van der Waals surface area contributed by atoms with E-state index in [1.54, 1.807) is 0 Å². The first-order chi connectivity index (χ1) is 9.31. The lowest BCUT2D eigenvalue weighted by Crippen LogP contribution is -2.43. The normalized spacial score (nSPS) is 10.4. The summed E-state index contributed by atoms with van der Waals surface area (Å²) in [4.78, 5) is 11.7. The highest BCUT2D eigenvalue weighted by Gasteiger charge is 2.13. The smallest absolute Gasteiger partial charge is 0.319 e. The molecule has 1 aromatic rings. The lowest BCUT2D eigenvalue weighted by molar-refractivity contribution is 0.244. The Morgan fingerprint density at radius 3 is 2.70 bits per heavy atom. The molecule has 3 N–H and O–H groups in total. The molecule has 0 bridgehead atoms. The van der Waals surface area contributed by atoms with Crippen molar-refractivity contribution in [2.24, 2.45) is 0 Å². The minimum Gasteiger partial charge on any atom is -0.395 e. The molecule has 1 rings (SSSR count). The first-order valence-electron chi connectivity index (χ1n) is 6.30. The lowest BCUT2D eigenvalue weighted by Gasteiger charge is -2.20. The molecule has 2 amide bonds. The van der Waals surface area contributed by atoms with Gasteiger partial charge in [0, 0.05) is 17.6 Å². The average Bonchev–Trinajstić information content (AvgIpc) is 2.31. The molecule has 0 saturated carbocycles. The van der Waals surface area contributed by atoms with E-state index in [0.29, 0.717) is 5.69 Å². The van der Waals surface area contributed by atoms with Gasteiger partial charge < -0.3 is 15.7 Å². The molecular formula is C15H19FN2O2. The minimum absolute atomic E-state index is 0.0689. The fraction of sp³-hybridized carbons (Fsp3) is 0.400. The quantitative estimate of drug-likeness (QED) is 0.728. The number of hydrogen-bond acceptors (Lipinski definition) is 2. The molecular weight excluding hydrogens is 259 g/mol. The van der Waals surface area contributed by atoms with Gasteiger partial charge in [-0.2, -0.15) is 0 Å². The summed E-state index contributed by atoms with van der Waals surface area (Å²) in [5.41, 5.74) is 0.293. The van der Waals surface area contributed by atoms with Crippen LogP contribution >= 0.6 is 0 Å². The van der Waals surface area contributed by atoms with E-state index in [4.69, 9.17) is 5.11 Å². The number of urea groups is 1. The van der Waals surface area contributed by atoms with Crippen LogP contribution in [0.2, 0.25) is 0 Å². The third-order valence-electron chi connectivity index (χ3n) is 2.17. The van der Waals surface area contributed by atoms with Gasteiger partial charge in [-0.25, -0.2) is 9.18 Å². The lowest BCUT2D eigenvalue weighted by atomic mass is 10.1. The molecule has 0 atom stereocenters. The first kappa shape index (κ1) is 16.0. The fourth-order valence-electron chi connectivity index (χ4n) is 1.42.